The molecule has 2 aromatic carbocycles. The number of halogens is 1. The van der Waals surface area contributed by atoms with Crippen molar-refractivity contribution >= 4 is 34.3 Å². The highest BCUT2D eigenvalue weighted by molar-refractivity contribution is 7.11. The number of nitrogens with zero attached hydrogens (tertiary/aromatic N) is 2. The maximum atomic E-state index is 10.5. The van der Waals surface area contributed by atoms with E-state index >= 15 is 0 Å². The topological polar surface area (TPSA) is 69.4 Å². The van der Waals surface area contributed by atoms with Crippen molar-refractivity contribution in [2.75, 3.05) is 13.7 Å². The summed E-state index contributed by atoms with van der Waals surface area (Å²) in [5, 5.41) is 22.3. The largest absolute Gasteiger partial charge is 0.510 e. The van der Waals surface area contributed by atoms with Crippen molar-refractivity contribution in [2.24, 2.45) is 0 Å². The van der Waals surface area contributed by atoms with Crippen LogP contribution in [0.3, 0.4) is 0 Å². The summed E-state index contributed by atoms with van der Waals surface area (Å²) in [5.41, 5.74) is 3.30. The predicted molar refractivity (Wildman–Crippen MR) is 113 cm³/mol. The van der Waals surface area contributed by atoms with E-state index in [2.05, 4.69) is 4.98 Å². The fourth-order valence-corrected chi connectivity index (χ4v) is 4.11. The van der Waals surface area contributed by atoms with Crippen molar-refractivity contribution in [2.45, 2.75) is 6.54 Å². The molecule has 4 rings (SSSR count). The van der Waals surface area contributed by atoms with Crippen LogP contribution < -0.4 is 4.74 Å². The van der Waals surface area contributed by atoms with Crippen molar-refractivity contribution in [3.05, 3.63) is 75.3 Å². The van der Waals surface area contributed by atoms with Gasteiger partial charge in [-0.15, -0.1) is 11.3 Å². The van der Waals surface area contributed by atoms with Crippen LogP contribution >= 0.6 is 22.9 Å². The lowest BCUT2D eigenvalue weighted by Gasteiger charge is -2.18. The Hall–Kier alpha value is -2.83. The van der Waals surface area contributed by atoms with E-state index in [1.54, 1.807) is 7.11 Å². The van der Waals surface area contributed by atoms with Gasteiger partial charge in [0.15, 0.2) is 0 Å². The first-order chi connectivity index (χ1) is 13.5. The highest BCUT2D eigenvalue weighted by Gasteiger charge is 2.30. The van der Waals surface area contributed by atoms with Crippen LogP contribution in [0, 0.1) is 5.41 Å². The molecule has 3 aromatic rings. The Kier molecular flexibility index (Phi) is 5.07. The highest BCUT2D eigenvalue weighted by atomic mass is 35.5. The summed E-state index contributed by atoms with van der Waals surface area (Å²) in [5.74, 6) is 1.25. The molecule has 0 fully saturated rings. The molecule has 0 spiro atoms. The number of nitrogens with one attached hydrogen (secondary N) is 1. The summed E-state index contributed by atoms with van der Waals surface area (Å²) in [6.45, 7) is 0.835. The van der Waals surface area contributed by atoms with E-state index in [-0.39, 0.29) is 11.6 Å². The van der Waals surface area contributed by atoms with E-state index in [0.717, 1.165) is 22.6 Å². The third kappa shape index (κ3) is 3.61. The number of hydrogen-bond acceptors (Lipinski definition) is 5. The maximum absolute atomic E-state index is 10.5. The molecule has 142 valence electrons. The zero-order valence-corrected chi connectivity index (χ0v) is 16.7. The summed E-state index contributed by atoms with van der Waals surface area (Å²) in [4.78, 5) is 6.46. The number of thiazole rings is 1. The number of amidine groups is 1. The third-order valence-corrected chi connectivity index (χ3v) is 5.68. The summed E-state index contributed by atoms with van der Waals surface area (Å²) < 4.78 is 5.18. The number of rotatable bonds is 5. The van der Waals surface area contributed by atoms with Crippen molar-refractivity contribution < 1.29 is 9.84 Å². The highest BCUT2D eigenvalue weighted by Crippen LogP contribution is 2.33. The number of methoxy groups -OCH3 is 1. The number of aliphatic hydroxyl groups excluding tert-OH is 1. The van der Waals surface area contributed by atoms with Crippen LogP contribution in [0.1, 0.15) is 10.6 Å². The van der Waals surface area contributed by atoms with Crippen LogP contribution in [0.25, 0.3) is 16.8 Å². The fraction of sp³-hybridized carbons (Fsp3) is 0.143. The van der Waals surface area contributed by atoms with Crippen LogP contribution in [0.5, 0.6) is 5.75 Å². The molecule has 0 bridgehead atoms. The lowest BCUT2D eigenvalue weighted by Crippen LogP contribution is -2.26. The SMILES string of the molecule is COc1ccc(CN2CC(O)=C(c3nc(-c4ccc(Cl)cc4)cs3)C2=N)cc1. The van der Waals surface area contributed by atoms with E-state index in [9.17, 15) is 5.11 Å². The van der Waals surface area contributed by atoms with Gasteiger partial charge in [0.05, 0.1) is 24.9 Å². The van der Waals surface area contributed by atoms with Gasteiger partial charge in [0.1, 0.15) is 22.4 Å². The number of benzene rings is 2. The van der Waals surface area contributed by atoms with Crippen LogP contribution in [-0.4, -0.2) is 34.5 Å². The Morgan fingerprint density at radius 2 is 1.89 bits per heavy atom. The minimum absolute atomic E-state index is 0.176. The minimum atomic E-state index is 0.176. The van der Waals surface area contributed by atoms with Gasteiger partial charge in [-0.05, 0) is 29.8 Å². The van der Waals surface area contributed by atoms with E-state index in [4.69, 9.17) is 21.7 Å². The molecule has 2 N–H and O–H groups in total. The standard InChI is InChI=1S/C21H18ClN3O2S/c1-27-16-8-2-13(3-9-16)10-25-11-18(26)19(20(25)23)21-24-17(12-28-21)14-4-6-15(22)7-5-14/h2-9,12,23,26H,10-11H2,1H3. The van der Waals surface area contributed by atoms with Gasteiger partial charge in [-0.1, -0.05) is 35.9 Å². The number of hydrogen-bond donors (Lipinski definition) is 2. The van der Waals surface area contributed by atoms with Crippen molar-refractivity contribution in [1.29, 1.82) is 5.41 Å². The van der Waals surface area contributed by atoms with Gasteiger partial charge in [-0.2, -0.15) is 0 Å². The molecule has 1 aromatic heterocycles. The Balaban J connectivity index is 1.53. The lowest BCUT2D eigenvalue weighted by atomic mass is 10.2. The molecular weight excluding hydrogens is 394 g/mol. The molecule has 0 aliphatic carbocycles. The molecule has 0 radical (unpaired) electrons. The molecule has 0 saturated carbocycles. The molecule has 2 heterocycles. The number of aliphatic hydroxyl groups is 1. The zero-order chi connectivity index (χ0) is 19.7. The summed E-state index contributed by atoms with van der Waals surface area (Å²) >= 11 is 7.37. The molecular formula is C21H18ClN3O2S. The molecule has 1 aliphatic rings. The fourth-order valence-electron chi connectivity index (χ4n) is 3.09. The average molecular weight is 412 g/mol. The molecule has 0 atom stereocenters. The molecule has 5 nitrogen and oxygen atoms in total. The molecule has 1 aliphatic heterocycles. The van der Waals surface area contributed by atoms with Gasteiger partial charge in [0.25, 0.3) is 0 Å². The Labute approximate surface area is 172 Å². The third-order valence-electron chi connectivity index (χ3n) is 4.57. The van der Waals surface area contributed by atoms with Crippen molar-refractivity contribution in [3.63, 3.8) is 0 Å². The van der Waals surface area contributed by atoms with Gasteiger partial charge in [-0.25, -0.2) is 4.98 Å². The molecule has 0 amide bonds. The van der Waals surface area contributed by atoms with Gasteiger partial charge in [0.2, 0.25) is 0 Å². The van der Waals surface area contributed by atoms with Gasteiger partial charge >= 0.3 is 0 Å². The first kappa shape index (κ1) is 18.5. The van der Waals surface area contributed by atoms with Crippen molar-refractivity contribution in [3.8, 4) is 17.0 Å². The minimum Gasteiger partial charge on any atom is -0.510 e. The van der Waals surface area contributed by atoms with Gasteiger partial charge in [0, 0.05) is 22.5 Å². The van der Waals surface area contributed by atoms with E-state index in [1.165, 1.54) is 11.3 Å². The quantitative estimate of drug-likeness (QED) is 0.602. The predicted octanol–water partition coefficient (Wildman–Crippen LogP) is 5.23. The second kappa shape index (κ2) is 7.66. The Bertz CT molecular complexity index is 1040. The van der Waals surface area contributed by atoms with Gasteiger partial charge < -0.3 is 14.7 Å². The van der Waals surface area contributed by atoms with Crippen LogP contribution in [0.2, 0.25) is 5.02 Å². The van der Waals surface area contributed by atoms with E-state index in [0.29, 0.717) is 28.7 Å². The molecule has 0 saturated heterocycles. The molecule has 0 unspecified atom stereocenters. The molecule has 7 heteroatoms. The summed E-state index contributed by atoms with van der Waals surface area (Å²) in [7, 11) is 1.63. The second-order valence-corrected chi connectivity index (χ2v) is 7.71. The maximum Gasteiger partial charge on any atom is 0.135 e. The van der Waals surface area contributed by atoms with Crippen LogP contribution in [-0.2, 0) is 6.54 Å². The first-order valence-electron chi connectivity index (χ1n) is 8.66. The Morgan fingerprint density at radius 3 is 2.57 bits per heavy atom. The van der Waals surface area contributed by atoms with Gasteiger partial charge in [-0.3, -0.25) is 5.41 Å². The zero-order valence-electron chi connectivity index (χ0n) is 15.1. The van der Waals surface area contributed by atoms with E-state index in [1.807, 2.05) is 58.8 Å². The normalized spacial score (nSPS) is 14.1. The van der Waals surface area contributed by atoms with Crippen LogP contribution in [0.15, 0.2) is 59.7 Å². The summed E-state index contributed by atoms with van der Waals surface area (Å²) in [6.07, 6.45) is 0. The smallest absolute Gasteiger partial charge is 0.135 e. The average Bonchev–Trinajstić information content (AvgIpc) is 3.28. The first-order valence-corrected chi connectivity index (χ1v) is 9.91. The number of aromatic nitrogens is 1. The van der Waals surface area contributed by atoms with Crippen molar-refractivity contribution in [1.82, 2.24) is 9.88 Å². The van der Waals surface area contributed by atoms with E-state index < -0.39 is 0 Å². The Morgan fingerprint density at radius 1 is 1.18 bits per heavy atom. The molecule has 28 heavy (non-hydrogen) atoms. The second-order valence-electron chi connectivity index (χ2n) is 6.42. The number of ether oxygens (including phenoxy) is 1. The lowest BCUT2D eigenvalue weighted by molar-refractivity contribution is 0.346. The monoisotopic (exact) mass is 411 g/mol. The van der Waals surface area contributed by atoms with Crippen LogP contribution in [0.4, 0.5) is 0 Å². The summed E-state index contributed by atoms with van der Waals surface area (Å²) in [6, 6.07) is 15.2.